The van der Waals surface area contributed by atoms with Crippen LogP contribution in [0.5, 0.6) is 11.5 Å². The summed E-state index contributed by atoms with van der Waals surface area (Å²) in [7, 11) is 0. The molecule has 19 heavy (non-hydrogen) atoms. The Hall–Kier alpha value is -2.26. The maximum Gasteiger partial charge on any atom is 0.184 e. The summed E-state index contributed by atoms with van der Waals surface area (Å²) in [5.74, 6) is 1.27. The highest BCUT2D eigenvalue weighted by molar-refractivity contribution is 6.31. The van der Waals surface area contributed by atoms with E-state index in [0.717, 1.165) is 11.4 Å². The lowest BCUT2D eigenvalue weighted by atomic mass is 10.3. The molecule has 0 aliphatic rings. The van der Waals surface area contributed by atoms with Crippen molar-refractivity contribution in [2.75, 3.05) is 0 Å². The number of nitrogens with zero attached hydrogens (tertiary/aromatic N) is 2. The highest BCUT2D eigenvalue weighted by Gasteiger charge is 2.11. The maximum absolute atomic E-state index is 6.28. The smallest absolute Gasteiger partial charge is 0.184 e. The van der Waals surface area contributed by atoms with E-state index >= 15 is 0 Å². The average Bonchev–Trinajstić information content (AvgIpc) is 2.82. The van der Waals surface area contributed by atoms with Crippen molar-refractivity contribution in [1.82, 2.24) is 9.78 Å². The van der Waals surface area contributed by atoms with Gasteiger partial charge in [-0.1, -0.05) is 48.0 Å². The Kier molecular flexibility index (Phi) is 3.21. The second kappa shape index (κ2) is 5.16. The monoisotopic (exact) mass is 270 g/mol. The zero-order valence-corrected chi connectivity index (χ0v) is 10.8. The van der Waals surface area contributed by atoms with Gasteiger partial charge in [0, 0.05) is 0 Å². The first kappa shape index (κ1) is 11.8. The van der Waals surface area contributed by atoms with Crippen molar-refractivity contribution >= 4 is 11.6 Å². The largest absolute Gasteiger partial charge is 0.452 e. The van der Waals surface area contributed by atoms with E-state index in [1.165, 1.54) is 0 Å². The number of hydrogen-bond donors (Lipinski definition) is 0. The highest BCUT2D eigenvalue weighted by Crippen LogP contribution is 2.30. The van der Waals surface area contributed by atoms with Crippen LogP contribution in [-0.4, -0.2) is 9.78 Å². The molecule has 0 spiro atoms. The van der Waals surface area contributed by atoms with Gasteiger partial charge in [-0.05, 0) is 24.3 Å². The molecule has 0 N–H and O–H groups in total. The lowest BCUT2D eigenvalue weighted by Gasteiger charge is -2.05. The van der Waals surface area contributed by atoms with Gasteiger partial charge < -0.3 is 4.74 Å². The van der Waals surface area contributed by atoms with Crippen molar-refractivity contribution in [3.05, 3.63) is 72.0 Å². The zero-order chi connectivity index (χ0) is 13.1. The van der Waals surface area contributed by atoms with Crippen LogP contribution in [0, 0.1) is 0 Å². The SMILES string of the molecule is Clc1c(Oc2ccccc2)cnn1-c1ccccc1. The normalized spacial score (nSPS) is 10.4. The Balaban J connectivity index is 1.92. The topological polar surface area (TPSA) is 27.1 Å². The van der Waals surface area contributed by atoms with Crippen LogP contribution in [0.2, 0.25) is 5.15 Å². The third-order valence-electron chi connectivity index (χ3n) is 2.65. The fraction of sp³-hybridized carbons (Fsp3) is 0. The molecular formula is C15H11ClN2O. The van der Waals surface area contributed by atoms with Crippen LogP contribution >= 0.6 is 11.6 Å². The number of rotatable bonds is 3. The van der Waals surface area contributed by atoms with Crippen molar-refractivity contribution in [3.8, 4) is 17.2 Å². The fourth-order valence-electron chi connectivity index (χ4n) is 1.75. The van der Waals surface area contributed by atoms with Crippen molar-refractivity contribution in [1.29, 1.82) is 0 Å². The molecule has 1 aromatic heterocycles. The van der Waals surface area contributed by atoms with E-state index < -0.39 is 0 Å². The predicted octanol–water partition coefficient (Wildman–Crippen LogP) is 4.32. The lowest BCUT2D eigenvalue weighted by Crippen LogP contribution is -1.95. The number of halogens is 1. The molecule has 0 fully saturated rings. The molecule has 4 heteroatoms. The minimum absolute atomic E-state index is 0.454. The van der Waals surface area contributed by atoms with Gasteiger partial charge in [0.2, 0.25) is 0 Å². The summed E-state index contributed by atoms with van der Waals surface area (Å²) in [6.45, 7) is 0. The summed E-state index contributed by atoms with van der Waals surface area (Å²) >= 11 is 6.28. The van der Waals surface area contributed by atoms with Gasteiger partial charge in [0.25, 0.3) is 0 Å². The van der Waals surface area contributed by atoms with E-state index in [4.69, 9.17) is 16.3 Å². The summed E-state index contributed by atoms with van der Waals surface area (Å²) in [6.07, 6.45) is 1.61. The number of para-hydroxylation sites is 2. The number of ether oxygens (including phenoxy) is 1. The molecule has 3 nitrogen and oxygen atoms in total. The minimum Gasteiger partial charge on any atom is -0.452 e. The summed E-state index contributed by atoms with van der Waals surface area (Å²) in [5.41, 5.74) is 0.899. The van der Waals surface area contributed by atoms with Crippen molar-refractivity contribution in [2.45, 2.75) is 0 Å². The molecule has 2 aromatic carbocycles. The molecule has 0 saturated carbocycles. The Morgan fingerprint density at radius 3 is 2.21 bits per heavy atom. The zero-order valence-electron chi connectivity index (χ0n) is 10.0. The molecule has 0 aliphatic heterocycles. The molecule has 0 radical (unpaired) electrons. The molecule has 0 bridgehead atoms. The molecule has 0 atom stereocenters. The number of benzene rings is 2. The molecule has 0 unspecified atom stereocenters. The molecule has 3 rings (SSSR count). The minimum atomic E-state index is 0.454. The highest BCUT2D eigenvalue weighted by atomic mass is 35.5. The van der Waals surface area contributed by atoms with Crippen LogP contribution in [0.1, 0.15) is 0 Å². The van der Waals surface area contributed by atoms with Gasteiger partial charge in [0.05, 0.1) is 11.9 Å². The molecule has 0 amide bonds. The second-order valence-corrected chi connectivity index (χ2v) is 4.32. The molecular weight excluding hydrogens is 260 g/mol. The standard InChI is InChI=1S/C15H11ClN2O/c16-15-14(19-13-9-5-2-6-10-13)11-17-18(15)12-7-3-1-4-8-12/h1-11H. The Morgan fingerprint density at radius 1 is 0.895 bits per heavy atom. The second-order valence-electron chi connectivity index (χ2n) is 3.96. The maximum atomic E-state index is 6.28. The Morgan fingerprint density at radius 2 is 1.53 bits per heavy atom. The molecule has 1 heterocycles. The summed E-state index contributed by atoms with van der Waals surface area (Å²) < 4.78 is 7.33. The van der Waals surface area contributed by atoms with Crippen LogP contribution in [0.25, 0.3) is 5.69 Å². The van der Waals surface area contributed by atoms with Crippen LogP contribution in [0.3, 0.4) is 0 Å². The number of aromatic nitrogens is 2. The average molecular weight is 271 g/mol. The van der Waals surface area contributed by atoms with Gasteiger partial charge in [0.15, 0.2) is 10.9 Å². The van der Waals surface area contributed by atoms with Crippen LogP contribution < -0.4 is 4.74 Å². The Labute approximate surface area is 116 Å². The first-order valence-corrected chi connectivity index (χ1v) is 6.24. The third-order valence-corrected chi connectivity index (χ3v) is 3.00. The quantitative estimate of drug-likeness (QED) is 0.709. The first-order valence-electron chi connectivity index (χ1n) is 5.86. The van der Waals surface area contributed by atoms with Crippen LogP contribution in [0.15, 0.2) is 66.9 Å². The van der Waals surface area contributed by atoms with Gasteiger partial charge in [0.1, 0.15) is 5.75 Å². The van der Waals surface area contributed by atoms with Crippen molar-refractivity contribution < 1.29 is 4.74 Å². The van der Waals surface area contributed by atoms with E-state index in [1.54, 1.807) is 10.9 Å². The molecule has 3 aromatic rings. The summed E-state index contributed by atoms with van der Waals surface area (Å²) in [5, 5.41) is 4.70. The van der Waals surface area contributed by atoms with E-state index in [0.29, 0.717) is 10.9 Å². The van der Waals surface area contributed by atoms with E-state index in [2.05, 4.69) is 5.10 Å². The van der Waals surface area contributed by atoms with Gasteiger partial charge in [-0.2, -0.15) is 5.10 Å². The summed E-state index contributed by atoms with van der Waals surface area (Å²) in [4.78, 5) is 0. The molecule has 0 saturated heterocycles. The molecule has 0 aliphatic carbocycles. The summed E-state index contributed by atoms with van der Waals surface area (Å²) in [6, 6.07) is 19.2. The van der Waals surface area contributed by atoms with E-state index in [-0.39, 0.29) is 0 Å². The van der Waals surface area contributed by atoms with Crippen LogP contribution in [-0.2, 0) is 0 Å². The fourth-order valence-corrected chi connectivity index (χ4v) is 1.98. The van der Waals surface area contributed by atoms with Gasteiger partial charge >= 0.3 is 0 Å². The van der Waals surface area contributed by atoms with Gasteiger partial charge in [-0.25, -0.2) is 4.68 Å². The van der Waals surface area contributed by atoms with Crippen molar-refractivity contribution in [3.63, 3.8) is 0 Å². The molecule has 94 valence electrons. The Bertz CT molecular complexity index is 665. The predicted molar refractivity (Wildman–Crippen MR) is 75.1 cm³/mol. The lowest BCUT2D eigenvalue weighted by molar-refractivity contribution is 0.483. The van der Waals surface area contributed by atoms with Gasteiger partial charge in [-0.3, -0.25) is 0 Å². The number of hydrogen-bond acceptors (Lipinski definition) is 2. The van der Waals surface area contributed by atoms with E-state index in [9.17, 15) is 0 Å². The van der Waals surface area contributed by atoms with E-state index in [1.807, 2.05) is 60.7 Å². The van der Waals surface area contributed by atoms with Gasteiger partial charge in [-0.15, -0.1) is 0 Å². The van der Waals surface area contributed by atoms with Crippen LogP contribution in [0.4, 0.5) is 0 Å². The van der Waals surface area contributed by atoms with Crippen molar-refractivity contribution in [2.24, 2.45) is 0 Å². The third kappa shape index (κ3) is 2.46. The first-order chi connectivity index (χ1) is 9.34.